The van der Waals surface area contributed by atoms with Crippen LogP contribution >= 0.6 is 11.3 Å². The van der Waals surface area contributed by atoms with Gasteiger partial charge in [-0.05, 0) is 87.3 Å². The summed E-state index contributed by atoms with van der Waals surface area (Å²) in [6.07, 6.45) is 9.82. The number of nitrogens with zero attached hydrogens (tertiary/aromatic N) is 2. The highest BCUT2D eigenvalue weighted by Gasteiger charge is 2.53. The molecule has 5 saturated carbocycles. The van der Waals surface area contributed by atoms with Crippen LogP contribution in [0.1, 0.15) is 66.7 Å². The number of nitrogens with one attached hydrogen (secondary N) is 2. The fraction of sp³-hybridized carbons (Fsp3) is 0.565. The third kappa shape index (κ3) is 3.33. The maximum Gasteiger partial charge on any atom is 0.257 e. The molecule has 0 saturated heterocycles. The Bertz CT molecular complexity index is 977. The molecule has 5 fully saturated rings. The van der Waals surface area contributed by atoms with Gasteiger partial charge in [-0.3, -0.25) is 14.9 Å². The number of amides is 2. The number of carbonyl (C=O) groups is 2. The largest absolute Gasteiger partial charge is 0.326 e. The molecule has 0 unspecified atom stereocenters. The van der Waals surface area contributed by atoms with E-state index < -0.39 is 0 Å². The summed E-state index contributed by atoms with van der Waals surface area (Å²) in [5, 5.41) is 16.3. The fourth-order valence-electron chi connectivity index (χ4n) is 6.36. The first-order valence-corrected chi connectivity index (χ1v) is 11.9. The smallest absolute Gasteiger partial charge is 0.257 e. The van der Waals surface area contributed by atoms with E-state index >= 15 is 0 Å². The average molecular weight is 423 g/mol. The molecule has 5 aliphatic rings. The van der Waals surface area contributed by atoms with Gasteiger partial charge in [-0.15, -0.1) is 10.2 Å². The minimum Gasteiger partial charge on any atom is -0.326 e. The summed E-state index contributed by atoms with van der Waals surface area (Å²) < 4.78 is 0. The summed E-state index contributed by atoms with van der Waals surface area (Å²) in [4.78, 5) is 24.8. The molecule has 2 amide bonds. The second kappa shape index (κ2) is 6.87. The van der Waals surface area contributed by atoms with Crippen molar-refractivity contribution in [3.8, 4) is 0 Å². The molecule has 4 bridgehead atoms. The molecule has 0 spiro atoms. The Hall–Kier alpha value is -2.28. The van der Waals surface area contributed by atoms with Gasteiger partial charge in [0.25, 0.3) is 5.91 Å². The van der Waals surface area contributed by atoms with Crippen LogP contribution in [0.2, 0.25) is 0 Å². The van der Waals surface area contributed by atoms with Crippen LogP contribution in [0.5, 0.6) is 0 Å². The highest BCUT2D eigenvalue weighted by molar-refractivity contribution is 7.15. The number of rotatable bonds is 5. The Kier molecular flexibility index (Phi) is 4.23. The van der Waals surface area contributed by atoms with E-state index in [0.717, 1.165) is 35.6 Å². The highest BCUT2D eigenvalue weighted by atomic mass is 32.1. The van der Waals surface area contributed by atoms with Crippen molar-refractivity contribution >= 4 is 34.0 Å². The molecule has 0 aliphatic heterocycles. The van der Waals surface area contributed by atoms with E-state index in [4.69, 9.17) is 0 Å². The first kappa shape index (κ1) is 18.5. The molecule has 30 heavy (non-hydrogen) atoms. The van der Waals surface area contributed by atoms with E-state index in [9.17, 15) is 9.59 Å². The summed E-state index contributed by atoms with van der Waals surface area (Å²) in [7, 11) is 0. The lowest BCUT2D eigenvalue weighted by molar-refractivity contribution is -0.117. The van der Waals surface area contributed by atoms with Crippen molar-refractivity contribution in [1.82, 2.24) is 10.2 Å². The lowest BCUT2D eigenvalue weighted by Gasteiger charge is -2.55. The molecule has 0 radical (unpaired) electrons. The number of benzene rings is 1. The Morgan fingerprint density at radius 2 is 1.67 bits per heavy atom. The summed E-state index contributed by atoms with van der Waals surface area (Å²) in [6.45, 7) is 0. The van der Waals surface area contributed by atoms with E-state index in [2.05, 4.69) is 20.8 Å². The summed E-state index contributed by atoms with van der Waals surface area (Å²) >= 11 is 1.55. The van der Waals surface area contributed by atoms with E-state index in [0.29, 0.717) is 16.4 Å². The van der Waals surface area contributed by atoms with Crippen LogP contribution < -0.4 is 10.6 Å². The van der Waals surface area contributed by atoms with Gasteiger partial charge < -0.3 is 5.32 Å². The van der Waals surface area contributed by atoms with Crippen LogP contribution in [-0.2, 0) is 10.2 Å². The SMILES string of the molecule is O=C(Nc1nnc(C23CC4CC(CC(C4)C2)C3)s1)c1cccc(NC(=O)C2CC2)c1. The van der Waals surface area contributed by atoms with E-state index in [1.54, 1.807) is 29.5 Å². The summed E-state index contributed by atoms with van der Waals surface area (Å²) in [5.41, 5.74) is 1.36. The topological polar surface area (TPSA) is 84.0 Å². The Balaban J connectivity index is 1.16. The van der Waals surface area contributed by atoms with Gasteiger partial charge in [0.2, 0.25) is 11.0 Å². The molecular weight excluding hydrogens is 396 g/mol. The standard InChI is InChI=1S/C23H26N4O2S/c28-19(16-4-5-16)24-18-3-1-2-17(9-18)20(29)25-22-27-26-21(30-22)23-10-13-6-14(11-23)8-15(7-13)12-23/h1-3,9,13-16H,4-8,10-12H2,(H,24,28)(H,25,27,29). The first-order chi connectivity index (χ1) is 14.6. The number of carbonyl (C=O) groups excluding carboxylic acids is 2. The predicted molar refractivity (Wildman–Crippen MR) is 116 cm³/mol. The third-order valence-corrected chi connectivity index (χ3v) is 8.56. The Morgan fingerprint density at radius 1 is 0.967 bits per heavy atom. The lowest BCUT2D eigenvalue weighted by Crippen LogP contribution is -2.48. The third-order valence-electron chi connectivity index (χ3n) is 7.48. The number of hydrogen-bond donors (Lipinski definition) is 2. The lowest BCUT2D eigenvalue weighted by atomic mass is 9.50. The van der Waals surface area contributed by atoms with Gasteiger partial charge in [0.15, 0.2) is 0 Å². The highest BCUT2D eigenvalue weighted by Crippen LogP contribution is 2.61. The van der Waals surface area contributed by atoms with Gasteiger partial charge in [0.05, 0.1) is 0 Å². The fourth-order valence-corrected chi connectivity index (χ4v) is 7.31. The van der Waals surface area contributed by atoms with Crippen LogP contribution in [-0.4, -0.2) is 22.0 Å². The van der Waals surface area contributed by atoms with Gasteiger partial charge in [0.1, 0.15) is 5.01 Å². The first-order valence-electron chi connectivity index (χ1n) is 11.1. The van der Waals surface area contributed by atoms with E-state index in [1.165, 1.54) is 38.5 Å². The maximum absolute atomic E-state index is 12.8. The molecule has 6 nitrogen and oxygen atoms in total. The van der Waals surface area contributed by atoms with Crippen molar-refractivity contribution < 1.29 is 9.59 Å². The molecule has 7 rings (SSSR count). The molecule has 7 heteroatoms. The van der Waals surface area contributed by atoms with Gasteiger partial charge >= 0.3 is 0 Å². The second-order valence-corrected chi connectivity index (χ2v) is 10.9. The molecule has 5 aliphatic carbocycles. The van der Waals surface area contributed by atoms with Crippen molar-refractivity contribution in [3.05, 3.63) is 34.8 Å². The van der Waals surface area contributed by atoms with Crippen LogP contribution in [0.15, 0.2) is 24.3 Å². The maximum atomic E-state index is 12.8. The minimum absolute atomic E-state index is 0.0388. The summed E-state index contributed by atoms with van der Waals surface area (Å²) in [6, 6.07) is 7.07. The second-order valence-electron chi connectivity index (χ2n) is 9.91. The van der Waals surface area contributed by atoms with E-state index in [-0.39, 0.29) is 23.1 Å². The van der Waals surface area contributed by atoms with Crippen LogP contribution in [0.3, 0.4) is 0 Å². The average Bonchev–Trinajstić information content (AvgIpc) is 3.46. The number of anilines is 2. The molecular formula is C23H26N4O2S. The van der Waals surface area contributed by atoms with Crippen molar-refractivity contribution in [2.24, 2.45) is 23.7 Å². The summed E-state index contributed by atoms with van der Waals surface area (Å²) in [5.74, 6) is 2.51. The molecule has 0 atom stereocenters. The quantitative estimate of drug-likeness (QED) is 0.737. The molecule has 156 valence electrons. The number of aromatic nitrogens is 2. The van der Waals surface area contributed by atoms with Crippen molar-refractivity contribution in [2.75, 3.05) is 10.6 Å². The zero-order valence-corrected chi connectivity index (χ0v) is 17.7. The Labute approximate surface area is 179 Å². The van der Waals surface area contributed by atoms with E-state index in [1.807, 2.05) is 6.07 Å². The van der Waals surface area contributed by atoms with Crippen LogP contribution in [0.25, 0.3) is 0 Å². The molecule has 1 aromatic heterocycles. The molecule has 2 N–H and O–H groups in total. The number of hydrogen-bond acceptors (Lipinski definition) is 5. The van der Waals surface area contributed by atoms with Gasteiger partial charge in [-0.1, -0.05) is 17.4 Å². The predicted octanol–water partition coefficient (Wildman–Crippen LogP) is 4.61. The van der Waals surface area contributed by atoms with Crippen molar-refractivity contribution in [2.45, 2.75) is 56.8 Å². The van der Waals surface area contributed by atoms with Gasteiger partial charge in [-0.2, -0.15) is 0 Å². The Morgan fingerprint density at radius 3 is 2.33 bits per heavy atom. The van der Waals surface area contributed by atoms with Gasteiger partial charge in [-0.25, -0.2) is 0 Å². The molecule has 1 heterocycles. The van der Waals surface area contributed by atoms with Gasteiger partial charge in [0, 0.05) is 22.6 Å². The normalized spacial score (nSPS) is 31.5. The van der Waals surface area contributed by atoms with Crippen LogP contribution in [0.4, 0.5) is 10.8 Å². The molecule has 2 aromatic rings. The zero-order valence-electron chi connectivity index (χ0n) is 16.9. The van der Waals surface area contributed by atoms with Crippen molar-refractivity contribution in [3.63, 3.8) is 0 Å². The van der Waals surface area contributed by atoms with Crippen molar-refractivity contribution in [1.29, 1.82) is 0 Å². The zero-order chi connectivity index (χ0) is 20.3. The molecule has 1 aromatic carbocycles. The minimum atomic E-state index is -0.217. The van der Waals surface area contributed by atoms with Crippen LogP contribution in [0, 0.1) is 23.7 Å². The monoisotopic (exact) mass is 422 g/mol.